The molecule has 4 heteroatoms. The van der Waals surface area contributed by atoms with Gasteiger partial charge in [0.25, 0.3) is 0 Å². The fourth-order valence-corrected chi connectivity index (χ4v) is 2.82. The smallest absolute Gasteiger partial charge is 0.171 e. The number of para-hydroxylation sites is 1. The van der Waals surface area contributed by atoms with E-state index in [9.17, 15) is 4.79 Å². The van der Waals surface area contributed by atoms with E-state index in [1.54, 1.807) is 6.92 Å². The van der Waals surface area contributed by atoms with Crippen LogP contribution >= 0.6 is 11.3 Å². The molecule has 1 aromatic carbocycles. The summed E-state index contributed by atoms with van der Waals surface area (Å²) in [5.41, 5.74) is 0.909. The zero-order valence-corrected chi connectivity index (χ0v) is 12.0. The second-order valence-corrected chi connectivity index (χ2v) is 5.29. The minimum atomic E-state index is 0.101. The second-order valence-electron chi connectivity index (χ2n) is 4.20. The van der Waals surface area contributed by atoms with Crippen LogP contribution in [0.2, 0.25) is 0 Å². The van der Waals surface area contributed by atoms with Gasteiger partial charge in [0.1, 0.15) is 5.75 Å². The minimum absolute atomic E-state index is 0.101. The van der Waals surface area contributed by atoms with Crippen molar-refractivity contribution in [2.24, 2.45) is 0 Å². The summed E-state index contributed by atoms with van der Waals surface area (Å²) >= 11 is 1.49. The van der Waals surface area contributed by atoms with Crippen molar-refractivity contribution in [2.75, 3.05) is 6.61 Å². The van der Waals surface area contributed by atoms with Crippen molar-refractivity contribution in [2.45, 2.75) is 26.7 Å². The number of Topliss-reactive ketones (excluding diaryl/α,β-unsaturated/α-hetero) is 1. The molecule has 1 aromatic heterocycles. The fraction of sp³-hybridized carbons (Fsp3) is 0.333. The third-order valence-electron chi connectivity index (χ3n) is 2.72. The molecule has 0 saturated carbocycles. The molecule has 1 heterocycles. The quantitative estimate of drug-likeness (QED) is 0.757. The largest absolute Gasteiger partial charge is 0.493 e. The van der Waals surface area contributed by atoms with Crippen LogP contribution in [0.15, 0.2) is 30.3 Å². The van der Waals surface area contributed by atoms with Gasteiger partial charge >= 0.3 is 0 Å². The first kappa shape index (κ1) is 13.7. The Balaban J connectivity index is 1.95. The summed E-state index contributed by atoms with van der Waals surface area (Å²) in [5, 5.41) is 0.970. The molecule has 0 aliphatic heterocycles. The Morgan fingerprint density at radius 3 is 2.63 bits per heavy atom. The lowest BCUT2D eigenvalue weighted by Crippen LogP contribution is -2.01. The molecule has 19 heavy (non-hydrogen) atoms. The van der Waals surface area contributed by atoms with Gasteiger partial charge in [0.2, 0.25) is 0 Å². The fourth-order valence-electron chi connectivity index (χ4n) is 1.80. The second kappa shape index (κ2) is 6.48. The van der Waals surface area contributed by atoms with Crippen LogP contribution in [-0.4, -0.2) is 17.4 Å². The zero-order valence-electron chi connectivity index (χ0n) is 11.2. The first-order valence-electron chi connectivity index (χ1n) is 6.38. The van der Waals surface area contributed by atoms with Crippen LogP contribution in [0.3, 0.4) is 0 Å². The maximum absolute atomic E-state index is 11.5. The number of aromatic nitrogens is 1. The topological polar surface area (TPSA) is 39.2 Å². The first-order chi connectivity index (χ1) is 9.20. The number of benzene rings is 1. The van der Waals surface area contributed by atoms with E-state index in [4.69, 9.17) is 4.74 Å². The van der Waals surface area contributed by atoms with Crippen molar-refractivity contribution in [3.63, 3.8) is 0 Å². The molecule has 0 unspecified atom stereocenters. The van der Waals surface area contributed by atoms with E-state index >= 15 is 0 Å². The molecule has 2 rings (SSSR count). The molecule has 100 valence electrons. The molecule has 3 nitrogen and oxygen atoms in total. The highest BCUT2D eigenvalue weighted by Gasteiger charge is 2.13. The van der Waals surface area contributed by atoms with Crippen LogP contribution in [0, 0.1) is 0 Å². The third kappa shape index (κ3) is 3.64. The van der Waals surface area contributed by atoms with Gasteiger partial charge in [-0.25, -0.2) is 4.98 Å². The van der Waals surface area contributed by atoms with Crippen molar-refractivity contribution < 1.29 is 9.53 Å². The Labute approximate surface area is 117 Å². The van der Waals surface area contributed by atoms with Crippen LogP contribution < -0.4 is 4.74 Å². The minimum Gasteiger partial charge on any atom is -0.493 e. The Morgan fingerprint density at radius 1 is 1.32 bits per heavy atom. The Kier molecular flexibility index (Phi) is 4.68. The summed E-state index contributed by atoms with van der Waals surface area (Å²) in [6.07, 6.45) is 1.53. The van der Waals surface area contributed by atoms with Crippen LogP contribution in [0.25, 0.3) is 0 Å². The van der Waals surface area contributed by atoms with Gasteiger partial charge in [0, 0.05) is 13.3 Å². The molecule has 0 atom stereocenters. The van der Waals surface area contributed by atoms with Crippen molar-refractivity contribution in [3.05, 3.63) is 45.9 Å². The van der Waals surface area contributed by atoms with E-state index in [1.165, 1.54) is 11.3 Å². The molecule has 2 aromatic rings. The average Bonchev–Trinajstić information content (AvgIpc) is 2.83. The maximum atomic E-state index is 11.5. The number of hydrogen-bond acceptors (Lipinski definition) is 4. The van der Waals surface area contributed by atoms with Gasteiger partial charge in [0.15, 0.2) is 5.78 Å². The highest BCUT2D eigenvalue weighted by atomic mass is 32.1. The molecule has 0 fully saturated rings. The van der Waals surface area contributed by atoms with Gasteiger partial charge in [-0.3, -0.25) is 4.79 Å². The molecule has 0 spiro atoms. The molecular formula is C15H17NO2S. The predicted octanol–water partition coefficient (Wildman–Crippen LogP) is 3.53. The van der Waals surface area contributed by atoms with Gasteiger partial charge in [-0.2, -0.15) is 0 Å². The van der Waals surface area contributed by atoms with Gasteiger partial charge in [-0.05, 0) is 18.6 Å². The molecule has 0 aliphatic rings. The molecule has 0 bridgehead atoms. The Hall–Kier alpha value is -1.68. The highest BCUT2D eigenvalue weighted by molar-refractivity contribution is 7.13. The van der Waals surface area contributed by atoms with Gasteiger partial charge in [-0.15, -0.1) is 11.3 Å². The van der Waals surface area contributed by atoms with Crippen molar-refractivity contribution in [1.82, 2.24) is 4.98 Å². The van der Waals surface area contributed by atoms with Crippen LogP contribution in [0.1, 0.15) is 34.2 Å². The molecule has 0 radical (unpaired) electrons. The standard InChI is InChI=1S/C15H17NO2S/c1-3-13-15(11(2)17)19-14(16-13)9-10-18-12-7-5-4-6-8-12/h4-8H,3,9-10H2,1-2H3. The normalized spacial score (nSPS) is 10.4. The first-order valence-corrected chi connectivity index (χ1v) is 7.19. The van der Waals surface area contributed by atoms with E-state index < -0.39 is 0 Å². The van der Waals surface area contributed by atoms with Crippen molar-refractivity contribution in [3.8, 4) is 5.75 Å². The monoisotopic (exact) mass is 275 g/mol. The summed E-state index contributed by atoms with van der Waals surface area (Å²) in [4.78, 5) is 16.8. The number of hydrogen-bond donors (Lipinski definition) is 0. The molecule has 0 amide bonds. The lowest BCUT2D eigenvalue weighted by Gasteiger charge is -2.03. The predicted molar refractivity (Wildman–Crippen MR) is 77.1 cm³/mol. The lowest BCUT2D eigenvalue weighted by molar-refractivity contribution is 0.102. The number of rotatable bonds is 6. The number of ketones is 1. The summed E-state index contributed by atoms with van der Waals surface area (Å²) in [6.45, 7) is 4.20. The number of carbonyl (C=O) groups is 1. The Bertz CT molecular complexity index is 549. The number of aryl methyl sites for hydroxylation is 1. The van der Waals surface area contributed by atoms with Gasteiger partial charge < -0.3 is 4.74 Å². The number of carbonyl (C=O) groups excluding carboxylic acids is 1. The Morgan fingerprint density at radius 2 is 2.05 bits per heavy atom. The van der Waals surface area contributed by atoms with Crippen molar-refractivity contribution in [1.29, 1.82) is 0 Å². The summed E-state index contributed by atoms with van der Waals surface area (Å²) in [6, 6.07) is 9.71. The van der Waals surface area contributed by atoms with E-state index in [0.717, 1.165) is 34.2 Å². The summed E-state index contributed by atoms with van der Waals surface area (Å²) < 4.78 is 5.63. The summed E-state index contributed by atoms with van der Waals surface area (Å²) in [5.74, 6) is 0.964. The third-order valence-corrected chi connectivity index (χ3v) is 3.98. The summed E-state index contributed by atoms with van der Waals surface area (Å²) in [7, 11) is 0. The van der Waals surface area contributed by atoms with E-state index in [1.807, 2.05) is 37.3 Å². The number of thiazole rings is 1. The highest BCUT2D eigenvalue weighted by Crippen LogP contribution is 2.20. The van der Waals surface area contributed by atoms with Crippen LogP contribution in [-0.2, 0) is 12.8 Å². The van der Waals surface area contributed by atoms with Gasteiger partial charge in [-0.1, -0.05) is 25.1 Å². The van der Waals surface area contributed by atoms with E-state index in [-0.39, 0.29) is 5.78 Å². The van der Waals surface area contributed by atoms with Crippen molar-refractivity contribution >= 4 is 17.1 Å². The SMILES string of the molecule is CCc1nc(CCOc2ccccc2)sc1C(C)=O. The molecule has 0 saturated heterocycles. The van der Waals surface area contributed by atoms with E-state index in [2.05, 4.69) is 4.98 Å². The zero-order chi connectivity index (χ0) is 13.7. The van der Waals surface area contributed by atoms with Crippen LogP contribution in [0.5, 0.6) is 5.75 Å². The lowest BCUT2D eigenvalue weighted by atomic mass is 10.2. The molecular weight excluding hydrogens is 258 g/mol. The van der Waals surface area contributed by atoms with Crippen LogP contribution in [0.4, 0.5) is 0 Å². The average molecular weight is 275 g/mol. The molecule has 0 N–H and O–H groups in total. The molecule has 0 aliphatic carbocycles. The number of ether oxygens (including phenoxy) is 1. The van der Waals surface area contributed by atoms with Gasteiger partial charge in [0.05, 0.1) is 22.2 Å². The van der Waals surface area contributed by atoms with E-state index in [0.29, 0.717) is 6.61 Å². The maximum Gasteiger partial charge on any atom is 0.171 e. The number of nitrogens with zero attached hydrogens (tertiary/aromatic N) is 1.